The summed E-state index contributed by atoms with van der Waals surface area (Å²) in [5.74, 6) is -3.16. The van der Waals surface area contributed by atoms with Crippen LogP contribution in [0.5, 0.6) is 0 Å². The molecule has 6 nitrogen and oxygen atoms in total. The number of hydrogen-bond donors (Lipinski definition) is 1. The third-order valence-corrected chi connectivity index (χ3v) is 5.82. The first-order valence-electron chi connectivity index (χ1n) is 10.3. The monoisotopic (exact) mass is 449 g/mol. The Bertz CT molecular complexity index is 1090. The zero-order valence-electron chi connectivity index (χ0n) is 17.9. The summed E-state index contributed by atoms with van der Waals surface area (Å²) in [5.41, 5.74) is 0.131. The fraction of sp³-hybridized carbons (Fsp3) is 0.455. The molecule has 2 aromatic rings. The lowest BCUT2D eigenvalue weighted by Crippen LogP contribution is -2.36. The average Bonchev–Trinajstić information content (AvgIpc) is 3.39. The van der Waals surface area contributed by atoms with Crippen molar-refractivity contribution in [2.45, 2.75) is 51.0 Å². The normalized spacial score (nSPS) is 20.1. The zero-order chi connectivity index (χ0) is 23.3. The van der Waals surface area contributed by atoms with E-state index in [1.807, 2.05) is 13.0 Å². The van der Waals surface area contributed by atoms with E-state index < -0.39 is 29.5 Å². The van der Waals surface area contributed by atoms with Gasteiger partial charge in [0.2, 0.25) is 0 Å². The summed E-state index contributed by atoms with van der Waals surface area (Å²) in [6, 6.07) is 1.07. The van der Waals surface area contributed by atoms with Crippen molar-refractivity contribution in [1.29, 1.82) is 0 Å². The number of carbonyl (C=O) groups is 1. The first-order chi connectivity index (χ1) is 15.0. The number of nitrogens with zero attached hydrogens (tertiary/aromatic N) is 4. The lowest BCUT2D eigenvalue weighted by atomic mass is 9.88. The van der Waals surface area contributed by atoms with Gasteiger partial charge in [0.25, 0.3) is 18.3 Å². The number of rotatable bonds is 6. The van der Waals surface area contributed by atoms with Gasteiger partial charge in [-0.15, -0.1) is 0 Å². The van der Waals surface area contributed by atoms with Gasteiger partial charge in [-0.2, -0.15) is 5.10 Å². The van der Waals surface area contributed by atoms with Crippen molar-refractivity contribution in [3.63, 3.8) is 0 Å². The van der Waals surface area contributed by atoms with Gasteiger partial charge >= 0.3 is 0 Å². The predicted molar refractivity (Wildman–Crippen MR) is 109 cm³/mol. The molecule has 4 rings (SSSR count). The molecule has 0 saturated heterocycles. The summed E-state index contributed by atoms with van der Waals surface area (Å²) in [7, 11) is 1.43. The molecule has 0 radical (unpaired) electrons. The lowest BCUT2D eigenvalue weighted by Gasteiger charge is -2.23. The molecule has 0 bridgehead atoms. The fourth-order valence-electron chi connectivity index (χ4n) is 3.88. The van der Waals surface area contributed by atoms with E-state index in [-0.39, 0.29) is 23.6 Å². The third kappa shape index (κ3) is 4.31. The van der Waals surface area contributed by atoms with Crippen LogP contribution in [0.4, 0.5) is 17.6 Å². The van der Waals surface area contributed by atoms with Crippen LogP contribution in [0, 0.1) is 5.92 Å². The molecule has 0 aliphatic heterocycles. The number of aryl methyl sites for hydroxylation is 1. The number of hydrogen-bond acceptors (Lipinski definition) is 4. The van der Waals surface area contributed by atoms with E-state index in [2.05, 4.69) is 20.4 Å². The van der Waals surface area contributed by atoms with E-state index in [1.165, 1.54) is 13.1 Å². The van der Waals surface area contributed by atoms with Crippen molar-refractivity contribution in [3.8, 4) is 0 Å². The Kier molecular flexibility index (Phi) is 5.42. The highest BCUT2D eigenvalue weighted by Crippen LogP contribution is 2.45. The molecule has 10 heteroatoms. The lowest BCUT2D eigenvalue weighted by molar-refractivity contribution is 0.0579. The van der Waals surface area contributed by atoms with Gasteiger partial charge < -0.3 is 5.32 Å². The summed E-state index contributed by atoms with van der Waals surface area (Å²) in [6.45, 7) is 2.74. The van der Waals surface area contributed by atoms with Gasteiger partial charge in [0.15, 0.2) is 5.82 Å². The quantitative estimate of drug-likeness (QED) is 0.656. The highest BCUT2D eigenvalue weighted by atomic mass is 19.3. The molecule has 1 atom stereocenters. The largest absolute Gasteiger partial charge is 0.341 e. The summed E-state index contributed by atoms with van der Waals surface area (Å²) in [4.78, 5) is 21.4. The number of nitrogens with one attached hydrogen (secondary N) is 1. The first kappa shape index (κ1) is 22.2. The van der Waals surface area contributed by atoms with Gasteiger partial charge in [0, 0.05) is 37.5 Å². The SMILES string of the molecule is CC1C=C(c2ncc(C3(NC(=O)c4cc(C(F)F)nn4C)CC3)cn2)C=C(C(C)(F)F)C1. The van der Waals surface area contributed by atoms with E-state index >= 15 is 0 Å². The average molecular weight is 449 g/mol. The molecule has 2 aromatic heterocycles. The fourth-order valence-corrected chi connectivity index (χ4v) is 3.88. The van der Waals surface area contributed by atoms with E-state index in [4.69, 9.17) is 0 Å². The van der Waals surface area contributed by atoms with Gasteiger partial charge in [-0.1, -0.05) is 13.0 Å². The maximum Gasteiger partial charge on any atom is 0.282 e. The van der Waals surface area contributed by atoms with E-state index in [0.29, 0.717) is 29.8 Å². The summed E-state index contributed by atoms with van der Waals surface area (Å²) in [6.07, 6.45) is 5.25. The van der Waals surface area contributed by atoms with Gasteiger partial charge in [0.05, 0.1) is 5.54 Å². The molecule has 2 aliphatic rings. The van der Waals surface area contributed by atoms with Gasteiger partial charge in [-0.3, -0.25) is 9.48 Å². The van der Waals surface area contributed by atoms with E-state index in [9.17, 15) is 22.4 Å². The summed E-state index contributed by atoms with van der Waals surface area (Å²) >= 11 is 0. The Morgan fingerprint density at radius 2 is 1.94 bits per heavy atom. The number of carbonyl (C=O) groups excluding carboxylic acids is 1. The minimum Gasteiger partial charge on any atom is -0.341 e. The van der Waals surface area contributed by atoms with Crippen LogP contribution in [0.2, 0.25) is 0 Å². The number of alkyl halides is 4. The van der Waals surface area contributed by atoms with Crippen LogP contribution in [0.3, 0.4) is 0 Å². The second kappa shape index (κ2) is 7.83. The Morgan fingerprint density at radius 3 is 2.47 bits per heavy atom. The molecular formula is C22H23F4N5O. The third-order valence-electron chi connectivity index (χ3n) is 5.82. The number of amides is 1. The smallest absolute Gasteiger partial charge is 0.282 e. The van der Waals surface area contributed by atoms with Crippen molar-refractivity contribution in [2.24, 2.45) is 13.0 Å². The van der Waals surface area contributed by atoms with Crippen LogP contribution in [0.15, 0.2) is 36.2 Å². The molecular weight excluding hydrogens is 426 g/mol. The molecule has 1 amide bonds. The zero-order valence-corrected chi connectivity index (χ0v) is 17.9. The molecule has 0 aromatic carbocycles. The highest BCUT2D eigenvalue weighted by Gasteiger charge is 2.47. The topological polar surface area (TPSA) is 72.7 Å². The maximum atomic E-state index is 13.8. The van der Waals surface area contributed by atoms with Crippen LogP contribution in [0.1, 0.15) is 67.1 Å². The minimum absolute atomic E-state index is 0.0311. The summed E-state index contributed by atoms with van der Waals surface area (Å²) in [5, 5.41) is 6.54. The van der Waals surface area contributed by atoms with Gasteiger partial charge in [-0.05, 0) is 42.9 Å². The predicted octanol–water partition coefficient (Wildman–Crippen LogP) is 4.57. The van der Waals surface area contributed by atoms with Crippen LogP contribution < -0.4 is 5.32 Å². The van der Waals surface area contributed by atoms with Crippen LogP contribution in [-0.2, 0) is 12.6 Å². The van der Waals surface area contributed by atoms with Crippen molar-refractivity contribution in [1.82, 2.24) is 25.1 Å². The molecule has 0 spiro atoms. The van der Waals surface area contributed by atoms with Crippen LogP contribution in [0.25, 0.3) is 5.57 Å². The standard InChI is InChI=1S/C22H23F4N5O/c1-12-6-13(8-14(7-12)21(2,25)26)19-27-10-15(11-28-19)22(4-5-22)29-20(32)17-9-16(18(23)24)30-31(17)3/h6,8-12,18H,4-5,7H2,1-3H3,(H,29,32). The van der Waals surface area contributed by atoms with Gasteiger partial charge in [-0.25, -0.2) is 27.5 Å². The molecule has 2 heterocycles. The number of aromatic nitrogens is 4. The molecule has 1 N–H and O–H groups in total. The van der Waals surface area contributed by atoms with E-state index in [1.54, 1.807) is 12.4 Å². The molecule has 1 unspecified atom stereocenters. The molecule has 1 saturated carbocycles. The van der Waals surface area contributed by atoms with Crippen LogP contribution in [-0.4, -0.2) is 31.6 Å². The second-order valence-corrected chi connectivity index (χ2v) is 8.57. The highest BCUT2D eigenvalue weighted by molar-refractivity contribution is 5.93. The minimum atomic E-state index is -2.91. The Labute approximate surface area is 182 Å². The van der Waals surface area contributed by atoms with Crippen molar-refractivity contribution in [3.05, 3.63) is 59.0 Å². The Hall–Kier alpha value is -3.04. The maximum absolute atomic E-state index is 13.8. The Balaban J connectivity index is 1.53. The second-order valence-electron chi connectivity index (χ2n) is 8.57. The van der Waals surface area contributed by atoms with Crippen molar-refractivity contribution >= 4 is 11.5 Å². The molecule has 170 valence electrons. The van der Waals surface area contributed by atoms with Gasteiger partial charge in [0.1, 0.15) is 11.4 Å². The van der Waals surface area contributed by atoms with Crippen molar-refractivity contribution in [2.75, 3.05) is 0 Å². The van der Waals surface area contributed by atoms with Crippen molar-refractivity contribution < 1.29 is 22.4 Å². The van der Waals surface area contributed by atoms with E-state index in [0.717, 1.165) is 17.7 Å². The molecule has 2 aliphatic carbocycles. The first-order valence-corrected chi connectivity index (χ1v) is 10.3. The number of halogens is 4. The number of allylic oxidation sites excluding steroid dienone is 4. The summed E-state index contributed by atoms with van der Waals surface area (Å²) < 4.78 is 54.5. The molecule has 1 fully saturated rings. The molecule has 32 heavy (non-hydrogen) atoms. The Morgan fingerprint density at radius 1 is 1.28 bits per heavy atom. The van der Waals surface area contributed by atoms with Crippen LogP contribution >= 0.6 is 0 Å².